The first-order valence-electron chi connectivity index (χ1n) is 15.8. The number of nitrogens with zero attached hydrogens (tertiary/aromatic N) is 2. The molecular weight excluding hydrogens is 590 g/mol. The predicted octanol–water partition coefficient (Wildman–Crippen LogP) is 7.22. The Balaban J connectivity index is 2.05. The lowest BCUT2D eigenvalue weighted by atomic mass is 9.73. The molecular formula is C34H49BF2N5O2P. The van der Waals surface area contributed by atoms with Crippen LogP contribution >= 0.6 is 9.24 Å². The van der Waals surface area contributed by atoms with Gasteiger partial charge in [-0.3, -0.25) is 10.2 Å². The molecule has 0 bridgehead atoms. The molecule has 11 heteroatoms. The van der Waals surface area contributed by atoms with Crippen LogP contribution in [-0.2, 0) is 0 Å². The Morgan fingerprint density at radius 3 is 2.49 bits per heavy atom. The fourth-order valence-electron chi connectivity index (χ4n) is 5.57. The summed E-state index contributed by atoms with van der Waals surface area (Å²) in [4.78, 5) is 16.8. The average Bonchev–Trinajstić information content (AvgIpc) is 3.87. The van der Waals surface area contributed by atoms with Gasteiger partial charge in [-0.25, -0.2) is 13.6 Å². The van der Waals surface area contributed by atoms with E-state index in [1.807, 2.05) is 75.2 Å². The average molecular weight is 640 g/mol. The standard InChI is InChI=1S/C34H49BF2N5O2P/c1-6-12-29(43)23(5)31(24-13-10-9-11-14-24)39-21-41(19-26-18-28(36)30(37)32(45)22(26)4)33(25-15-16-25)42(34(38)44)20-27(8-3)35-40-17-7-2/h6-7,9-14,17-18,22,26-27,31,35,39-40,43H,8,15-16,19-21,45H2,1-5H3,(H2,38,44)/b12-6-,17-7-,29-23-. The molecule has 0 saturated heterocycles. The number of hydrogen-bond donors (Lipinski definition) is 4. The molecule has 0 spiro atoms. The second-order valence-electron chi connectivity index (χ2n) is 11.8. The number of nitrogens with two attached hydrogens (primary N) is 1. The molecule has 7 nitrogen and oxygen atoms in total. The van der Waals surface area contributed by atoms with Crippen LogP contribution in [0.15, 0.2) is 101 Å². The summed E-state index contributed by atoms with van der Waals surface area (Å²) >= 11 is 0. The molecule has 0 heterocycles. The van der Waals surface area contributed by atoms with Crippen LogP contribution in [0, 0.1) is 11.8 Å². The molecule has 244 valence electrons. The number of amides is 2. The van der Waals surface area contributed by atoms with Crippen molar-refractivity contribution in [3.05, 3.63) is 106 Å². The van der Waals surface area contributed by atoms with Crippen LogP contribution in [0.5, 0.6) is 0 Å². The summed E-state index contributed by atoms with van der Waals surface area (Å²) < 4.78 is 29.3. The summed E-state index contributed by atoms with van der Waals surface area (Å²) in [5.74, 6) is -1.37. The number of aliphatic hydroxyl groups is 1. The van der Waals surface area contributed by atoms with Crippen LogP contribution in [0.25, 0.3) is 0 Å². The fraction of sp³-hybridized carbons (Fsp3) is 0.441. The highest BCUT2D eigenvalue weighted by molar-refractivity contribution is 7.22. The van der Waals surface area contributed by atoms with Crippen molar-refractivity contribution in [1.29, 1.82) is 0 Å². The lowest BCUT2D eigenvalue weighted by Crippen LogP contribution is -2.49. The van der Waals surface area contributed by atoms with Gasteiger partial charge in [-0.1, -0.05) is 62.8 Å². The van der Waals surface area contributed by atoms with Crippen LogP contribution in [0.2, 0.25) is 5.82 Å². The number of urea groups is 1. The Labute approximate surface area is 270 Å². The van der Waals surface area contributed by atoms with E-state index in [-0.39, 0.29) is 36.1 Å². The van der Waals surface area contributed by atoms with E-state index >= 15 is 0 Å². The molecule has 0 aromatic heterocycles. The highest BCUT2D eigenvalue weighted by Gasteiger charge is 2.35. The van der Waals surface area contributed by atoms with Gasteiger partial charge in [0, 0.05) is 19.0 Å². The first-order chi connectivity index (χ1) is 21.5. The number of primary amides is 1. The quantitative estimate of drug-likeness (QED) is 0.0504. The number of halogens is 2. The van der Waals surface area contributed by atoms with Crippen molar-refractivity contribution in [3.63, 3.8) is 0 Å². The number of carbonyl (C=O) groups is 1. The molecule has 1 aromatic carbocycles. The van der Waals surface area contributed by atoms with Gasteiger partial charge >= 0.3 is 6.03 Å². The number of rotatable bonds is 16. The molecule has 5 N–H and O–H groups in total. The summed E-state index contributed by atoms with van der Waals surface area (Å²) in [6.45, 7) is 10.6. The van der Waals surface area contributed by atoms with E-state index in [0.29, 0.717) is 31.6 Å². The summed E-state index contributed by atoms with van der Waals surface area (Å²) in [5.41, 5.74) is 8.85. The van der Waals surface area contributed by atoms with Gasteiger partial charge in [-0.15, -0.1) is 9.24 Å². The molecule has 1 fully saturated rings. The molecule has 0 radical (unpaired) electrons. The smallest absolute Gasteiger partial charge is 0.320 e. The lowest BCUT2D eigenvalue weighted by molar-refractivity contribution is 0.170. The number of hydrogen-bond acceptors (Lipinski definition) is 5. The molecule has 1 saturated carbocycles. The van der Waals surface area contributed by atoms with E-state index in [0.717, 1.165) is 36.0 Å². The van der Waals surface area contributed by atoms with Crippen LogP contribution in [0.3, 0.4) is 0 Å². The zero-order valence-electron chi connectivity index (χ0n) is 27.2. The van der Waals surface area contributed by atoms with E-state index in [1.165, 1.54) is 6.08 Å². The minimum Gasteiger partial charge on any atom is -0.508 e. The monoisotopic (exact) mass is 639 g/mol. The highest BCUT2D eigenvalue weighted by atomic mass is 31.0. The van der Waals surface area contributed by atoms with E-state index in [9.17, 15) is 18.7 Å². The van der Waals surface area contributed by atoms with Gasteiger partial charge in [0.2, 0.25) is 7.41 Å². The van der Waals surface area contributed by atoms with Crippen LogP contribution in [0.4, 0.5) is 13.6 Å². The molecule has 5 atom stereocenters. The minimum atomic E-state index is -0.873. The number of allylic oxidation sites excluding steroid dienone is 7. The molecule has 0 aliphatic heterocycles. The van der Waals surface area contributed by atoms with Crippen molar-refractivity contribution >= 4 is 22.7 Å². The molecule has 3 rings (SSSR count). The first kappa shape index (κ1) is 36.1. The Morgan fingerprint density at radius 2 is 1.91 bits per heavy atom. The maximum absolute atomic E-state index is 14.8. The fourth-order valence-corrected chi connectivity index (χ4v) is 5.96. The molecule has 2 aliphatic carbocycles. The van der Waals surface area contributed by atoms with E-state index in [2.05, 4.69) is 26.7 Å². The third-order valence-electron chi connectivity index (χ3n) is 8.51. The largest absolute Gasteiger partial charge is 0.508 e. The number of nitrogens with one attached hydrogen (secondary N) is 2. The topological polar surface area (TPSA) is 93.9 Å². The van der Waals surface area contributed by atoms with Crippen molar-refractivity contribution in [2.75, 3.05) is 19.8 Å². The molecule has 2 amide bonds. The first-order valence-corrected chi connectivity index (χ1v) is 16.3. The van der Waals surface area contributed by atoms with Gasteiger partial charge in [0.05, 0.1) is 12.7 Å². The number of carbonyl (C=O) groups excluding carboxylic acids is 1. The number of benzene rings is 1. The maximum Gasteiger partial charge on any atom is 0.320 e. The zero-order chi connectivity index (χ0) is 33.1. The van der Waals surface area contributed by atoms with Crippen molar-refractivity contribution in [2.24, 2.45) is 17.6 Å². The predicted molar refractivity (Wildman–Crippen MR) is 185 cm³/mol. The van der Waals surface area contributed by atoms with Crippen molar-refractivity contribution in [1.82, 2.24) is 20.3 Å². The van der Waals surface area contributed by atoms with E-state index in [1.54, 1.807) is 17.1 Å². The highest BCUT2D eigenvalue weighted by Crippen LogP contribution is 2.41. The minimum absolute atomic E-state index is 0.125. The molecule has 2 aliphatic rings. The van der Waals surface area contributed by atoms with Crippen LogP contribution < -0.4 is 16.3 Å². The van der Waals surface area contributed by atoms with Gasteiger partial charge < -0.3 is 21.0 Å². The van der Waals surface area contributed by atoms with Crippen molar-refractivity contribution in [3.8, 4) is 0 Å². The SMILES string of the molecule is C/C=C\NBC(CC)CN(C(N)=O)C(=C1CC1)N(CNC(/C(C)=C(O)/C=C\C)c1ccccc1)CC1C=C(F)C(F)=C(P)C1C. The van der Waals surface area contributed by atoms with Crippen LogP contribution in [-0.4, -0.2) is 48.1 Å². The summed E-state index contributed by atoms with van der Waals surface area (Å²) in [5, 5.41) is 18.0. The van der Waals surface area contributed by atoms with Gasteiger partial charge in [0.25, 0.3) is 0 Å². The maximum atomic E-state index is 14.8. The molecule has 5 unspecified atom stereocenters. The van der Waals surface area contributed by atoms with Crippen molar-refractivity contribution < 1.29 is 18.7 Å². The zero-order valence-corrected chi connectivity index (χ0v) is 28.3. The Hall–Kier alpha value is -3.36. The Bertz CT molecular complexity index is 1360. The third-order valence-corrected chi connectivity index (χ3v) is 9.29. The van der Waals surface area contributed by atoms with E-state index in [4.69, 9.17) is 5.73 Å². The van der Waals surface area contributed by atoms with Gasteiger partial charge in [-0.2, -0.15) is 0 Å². The second-order valence-corrected chi connectivity index (χ2v) is 12.4. The normalized spacial score (nSPS) is 20.1. The summed E-state index contributed by atoms with van der Waals surface area (Å²) in [6.07, 6.45) is 11.1. The molecule has 45 heavy (non-hydrogen) atoms. The number of aliphatic hydroxyl groups excluding tert-OH is 1. The van der Waals surface area contributed by atoms with Gasteiger partial charge in [0.1, 0.15) is 11.6 Å². The van der Waals surface area contributed by atoms with Gasteiger partial charge in [0.15, 0.2) is 11.7 Å². The van der Waals surface area contributed by atoms with E-state index < -0.39 is 17.7 Å². The van der Waals surface area contributed by atoms with Gasteiger partial charge in [-0.05, 0) is 85.7 Å². The van der Waals surface area contributed by atoms with Crippen molar-refractivity contribution in [2.45, 2.75) is 65.7 Å². The Kier molecular flexibility index (Phi) is 13.9. The lowest BCUT2D eigenvalue weighted by Gasteiger charge is -2.39. The Morgan fingerprint density at radius 1 is 1.22 bits per heavy atom. The third kappa shape index (κ3) is 9.81. The molecule has 1 aromatic rings. The van der Waals surface area contributed by atoms with Crippen LogP contribution in [0.1, 0.15) is 65.5 Å². The second kappa shape index (κ2) is 17.4. The summed E-state index contributed by atoms with van der Waals surface area (Å²) in [7, 11) is 3.03. The summed E-state index contributed by atoms with van der Waals surface area (Å²) in [6, 6.07) is 8.88.